The number of sulfonamides is 1. The number of nitrogens with zero attached hydrogens (tertiary/aromatic N) is 1. The summed E-state index contributed by atoms with van der Waals surface area (Å²) in [5, 5.41) is 2.55. The van der Waals surface area contributed by atoms with E-state index in [1.165, 1.54) is 24.3 Å². The molecule has 1 aliphatic rings. The van der Waals surface area contributed by atoms with Crippen LogP contribution >= 0.6 is 0 Å². The van der Waals surface area contributed by atoms with Crippen molar-refractivity contribution in [3.63, 3.8) is 0 Å². The zero-order valence-electron chi connectivity index (χ0n) is 13.1. The van der Waals surface area contributed by atoms with Gasteiger partial charge >= 0.3 is 0 Å². The molecule has 1 fully saturated rings. The van der Waals surface area contributed by atoms with E-state index in [0.29, 0.717) is 12.0 Å². The molecular formula is C14H19FN2O5S2. The Labute approximate surface area is 140 Å². The summed E-state index contributed by atoms with van der Waals surface area (Å²) < 4.78 is 60.3. The van der Waals surface area contributed by atoms with Gasteiger partial charge in [-0.3, -0.25) is 4.79 Å². The molecule has 1 amide bonds. The molecule has 0 saturated carbocycles. The number of carbonyl (C=O) groups excluding carboxylic acids is 1. The zero-order chi connectivity index (χ0) is 18.0. The highest BCUT2D eigenvalue weighted by Gasteiger charge is 2.30. The van der Waals surface area contributed by atoms with E-state index in [1.54, 1.807) is 0 Å². The predicted molar refractivity (Wildman–Crippen MR) is 86.9 cm³/mol. The van der Waals surface area contributed by atoms with Crippen molar-refractivity contribution >= 4 is 25.8 Å². The normalized spacial score (nSPS) is 20.2. The van der Waals surface area contributed by atoms with E-state index in [1.807, 2.05) is 0 Å². The molecule has 1 unspecified atom stereocenters. The Morgan fingerprint density at radius 3 is 2.46 bits per heavy atom. The monoisotopic (exact) mass is 378 g/mol. The van der Waals surface area contributed by atoms with Gasteiger partial charge in [-0.2, -0.15) is 4.31 Å². The molecule has 0 spiro atoms. The fraction of sp³-hybridized carbons (Fsp3) is 0.500. The number of carbonyl (C=O) groups is 1. The highest BCUT2D eigenvalue weighted by molar-refractivity contribution is 7.91. The smallest absolute Gasteiger partial charge is 0.235 e. The van der Waals surface area contributed by atoms with Gasteiger partial charge in [-0.1, -0.05) is 12.1 Å². The van der Waals surface area contributed by atoms with Crippen molar-refractivity contribution < 1.29 is 26.0 Å². The molecule has 10 heteroatoms. The first-order valence-corrected chi connectivity index (χ1v) is 10.9. The standard InChI is InChI=1S/C14H19FN2O5S2/c1-23(19,20)17(8-11-2-4-12(15)5-3-11)9-14(18)16-13-6-7-24(21,22)10-13/h2-5,13H,6-10H2,1H3,(H,16,18). The van der Waals surface area contributed by atoms with Crippen LogP contribution in [0.2, 0.25) is 0 Å². The van der Waals surface area contributed by atoms with Crippen LogP contribution in [0.4, 0.5) is 4.39 Å². The van der Waals surface area contributed by atoms with Crippen molar-refractivity contribution in [1.29, 1.82) is 0 Å². The van der Waals surface area contributed by atoms with Crippen LogP contribution in [-0.2, 0) is 31.2 Å². The Kier molecular flexibility index (Phi) is 5.61. The van der Waals surface area contributed by atoms with Crippen LogP contribution in [0.3, 0.4) is 0 Å². The zero-order valence-corrected chi connectivity index (χ0v) is 14.7. The quantitative estimate of drug-likeness (QED) is 0.744. The van der Waals surface area contributed by atoms with Crippen molar-refractivity contribution in [3.8, 4) is 0 Å². The molecule has 1 atom stereocenters. The minimum atomic E-state index is -3.66. The number of hydrogen-bond donors (Lipinski definition) is 1. The molecule has 1 saturated heterocycles. The number of rotatable bonds is 6. The maximum atomic E-state index is 12.9. The van der Waals surface area contributed by atoms with Gasteiger partial charge in [0, 0.05) is 12.6 Å². The van der Waals surface area contributed by atoms with Crippen LogP contribution in [0.5, 0.6) is 0 Å². The van der Waals surface area contributed by atoms with Crippen LogP contribution in [0, 0.1) is 5.82 Å². The molecule has 134 valence electrons. The molecular weight excluding hydrogens is 359 g/mol. The summed E-state index contributed by atoms with van der Waals surface area (Å²) in [4.78, 5) is 12.0. The first kappa shape index (κ1) is 18.8. The molecule has 1 aromatic rings. The maximum absolute atomic E-state index is 12.9. The first-order chi connectivity index (χ1) is 11.0. The Morgan fingerprint density at radius 1 is 1.33 bits per heavy atom. The van der Waals surface area contributed by atoms with Crippen molar-refractivity contribution in [2.45, 2.75) is 19.0 Å². The van der Waals surface area contributed by atoms with Crippen LogP contribution in [0.25, 0.3) is 0 Å². The molecule has 0 radical (unpaired) electrons. The molecule has 1 heterocycles. The number of amides is 1. The SMILES string of the molecule is CS(=O)(=O)N(CC(=O)NC1CCS(=O)(=O)C1)Cc1ccc(F)cc1. The van der Waals surface area contributed by atoms with E-state index in [9.17, 15) is 26.0 Å². The largest absolute Gasteiger partial charge is 0.351 e. The van der Waals surface area contributed by atoms with Crippen molar-refractivity contribution in [2.75, 3.05) is 24.3 Å². The van der Waals surface area contributed by atoms with Gasteiger partial charge in [-0.05, 0) is 24.1 Å². The summed E-state index contributed by atoms with van der Waals surface area (Å²) in [5.74, 6) is -1.12. The van der Waals surface area contributed by atoms with Gasteiger partial charge in [0.25, 0.3) is 0 Å². The summed E-state index contributed by atoms with van der Waals surface area (Å²) in [5.41, 5.74) is 0.540. The van der Waals surface area contributed by atoms with Crippen LogP contribution < -0.4 is 5.32 Å². The summed E-state index contributed by atoms with van der Waals surface area (Å²) in [7, 11) is -6.80. The number of halogens is 1. The predicted octanol–water partition coefficient (Wildman–Crippen LogP) is -0.109. The summed E-state index contributed by atoms with van der Waals surface area (Å²) in [6.07, 6.45) is 1.30. The molecule has 0 aliphatic carbocycles. The van der Waals surface area contributed by atoms with Gasteiger partial charge < -0.3 is 5.32 Å². The van der Waals surface area contributed by atoms with Crippen molar-refractivity contribution in [3.05, 3.63) is 35.6 Å². The van der Waals surface area contributed by atoms with E-state index in [0.717, 1.165) is 10.6 Å². The second kappa shape index (κ2) is 7.16. The lowest BCUT2D eigenvalue weighted by Crippen LogP contribution is -2.44. The summed E-state index contributed by atoms with van der Waals surface area (Å²) >= 11 is 0. The molecule has 0 aromatic heterocycles. The molecule has 1 aromatic carbocycles. The molecule has 0 bridgehead atoms. The number of hydrogen-bond acceptors (Lipinski definition) is 5. The lowest BCUT2D eigenvalue weighted by Gasteiger charge is -2.20. The average molecular weight is 378 g/mol. The van der Waals surface area contributed by atoms with E-state index in [4.69, 9.17) is 0 Å². The van der Waals surface area contributed by atoms with Gasteiger partial charge in [0.15, 0.2) is 9.84 Å². The highest BCUT2D eigenvalue weighted by Crippen LogP contribution is 2.12. The number of benzene rings is 1. The number of nitrogens with one attached hydrogen (secondary N) is 1. The van der Waals surface area contributed by atoms with Crippen molar-refractivity contribution in [2.24, 2.45) is 0 Å². The van der Waals surface area contributed by atoms with E-state index in [-0.39, 0.29) is 18.1 Å². The topological polar surface area (TPSA) is 101 Å². The van der Waals surface area contributed by atoms with Crippen LogP contribution in [0.15, 0.2) is 24.3 Å². The minimum absolute atomic E-state index is 0.0172. The van der Waals surface area contributed by atoms with E-state index in [2.05, 4.69) is 5.32 Å². The fourth-order valence-electron chi connectivity index (χ4n) is 2.43. The average Bonchev–Trinajstić information content (AvgIpc) is 2.78. The van der Waals surface area contributed by atoms with Gasteiger partial charge in [0.2, 0.25) is 15.9 Å². The molecule has 1 N–H and O–H groups in total. The van der Waals surface area contributed by atoms with E-state index < -0.39 is 44.2 Å². The van der Waals surface area contributed by atoms with Gasteiger partial charge in [0.1, 0.15) is 5.82 Å². The maximum Gasteiger partial charge on any atom is 0.235 e. The lowest BCUT2D eigenvalue weighted by molar-refractivity contribution is -0.121. The second-order valence-corrected chi connectivity index (χ2v) is 10.0. The minimum Gasteiger partial charge on any atom is -0.351 e. The fourth-order valence-corrected chi connectivity index (χ4v) is 4.83. The highest BCUT2D eigenvalue weighted by atomic mass is 32.2. The first-order valence-electron chi connectivity index (χ1n) is 7.24. The van der Waals surface area contributed by atoms with E-state index >= 15 is 0 Å². The molecule has 24 heavy (non-hydrogen) atoms. The Morgan fingerprint density at radius 2 is 1.96 bits per heavy atom. The van der Waals surface area contributed by atoms with Gasteiger partial charge in [0.05, 0.1) is 24.3 Å². The Bertz CT molecular complexity index is 806. The summed E-state index contributed by atoms with van der Waals surface area (Å²) in [6, 6.07) is 4.80. The van der Waals surface area contributed by atoms with Gasteiger partial charge in [-0.15, -0.1) is 0 Å². The second-order valence-electron chi connectivity index (χ2n) is 5.82. The molecule has 7 nitrogen and oxygen atoms in total. The lowest BCUT2D eigenvalue weighted by atomic mass is 10.2. The third kappa shape index (κ3) is 5.53. The summed E-state index contributed by atoms with van der Waals surface area (Å²) in [6.45, 7) is -0.498. The van der Waals surface area contributed by atoms with Crippen LogP contribution in [0.1, 0.15) is 12.0 Å². The third-order valence-corrected chi connectivity index (χ3v) is 6.62. The van der Waals surface area contributed by atoms with Gasteiger partial charge in [-0.25, -0.2) is 21.2 Å². The number of sulfone groups is 1. The third-order valence-electron chi connectivity index (χ3n) is 3.66. The Hall–Kier alpha value is -1.52. The molecule has 1 aliphatic heterocycles. The van der Waals surface area contributed by atoms with Crippen molar-refractivity contribution in [1.82, 2.24) is 9.62 Å². The van der Waals surface area contributed by atoms with Crippen LogP contribution in [-0.4, -0.2) is 57.4 Å². The molecule has 2 rings (SSSR count). The Balaban J connectivity index is 2.01.